The van der Waals surface area contributed by atoms with Crippen LogP contribution in [0.15, 0.2) is 39.8 Å². The first-order chi connectivity index (χ1) is 11.6. The molecule has 4 rings (SSSR count). The molecule has 0 saturated carbocycles. The number of fused-ring (bicyclic) bond motifs is 1. The molecule has 2 atom stereocenters. The molecular formula is C17H20N4O3. The molecule has 1 aliphatic rings. The Bertz CT molecular complexity index is 923. The molecule has 1 saturated heterocycles. The van der Waals surface area contributed by atoms with E-state index in [-0.39, 0.29) is 11.9 Å². The summed E-state index contributed by atoms with van der Waals surface area (Å²) < 4.78 is 14.6. The number of nitrogens with one attached hydrogen (secondary N) is 1. The molecule has 1 fully saturated rings. The van der Waals surface area contributed by atoms with E-state index in [1.807, 2.05) is 36.0 Å². The van der Waals surface area contributed by atoms with Gasteiger partial charge in [0, 0.05) is 57.3 Å². The predicted octanol–water partition coefficient (Wildman–Crippen LogP) is 2.05. The van der Waals surface area contributed by atoms with Crippen LogP contribution in [0, 0.1) is 5.92 Å². The highest BCUT2D eigenvalue weighted by Gasteiger charge is 2.32. The Morgan fingerprint density at radius 1 is 1.38 bits per heavy atom. The van der Waals surface area contributed by atoms with Crippen LogP contribution in [0.4, 0.5) is 5.69 Å². The van der Waals surface area contributed by atoms with Crippen molar-refractivity contribution in [3.63, 3.8) is 0 Å². The van der Waals surface area contributed by atoms with Gasteiger partial charge in [-0.1, -0.05) is 0 Å². The lowest BCUT2D eigenvalue weighted by Gasteiger charge is -2.19. The molecule has 0 bridgehead atoms. The van der Waals surface area contributed by atoms with Crippen LogP contribution < -0.4 is 11.1 Å². The second kappa shape index (κ2) is 5.83. The highest BCUT2D eigenvalue weighted by Crippen LogP contribution is 2.33. The van der Waals surface area contributed by atoms with E-state index in [4.69, 9.17) is 9.15 Å². The number of benzene rings is 1. The van der Waals surface area contributed by atoms with Gasteiger partial charge in [-0.05, 0) is 18.6 Å². The molecule has 3 aromatic rings. The second-order valence-corrected chi connectivity index (χ2v) is 6.23. The highest BCUT2D eigenvalue weighted by atomic mass is 16.5. The smallest absolute Gasteiger partial charge is 0.408 e. The summed E-state index contributed by atoms with van der Waals surface area (Å²) in [6, 6.07) is 5.72. The van der Waals surface area contributed by atoms with Crippen molar-refractivity contribution in [2.45, 2.75) is 12.5 Å². The summed E-state index contributed by atoms with van der Waals surface area (Å²) in [6.07, 6.45) is 4.74. The molecule has 7 heteroatoms. The zero-order chi connectivity index (χ0) is 16.7. The fourth-order valence-electron chi connectivity index (χ4n) is 3.27. The summed E-state index contributed by atoms with van der Waals surface area (Å²) in [4.78, 5) is 16.0. The Morgan fingerprint density at radius 2 is 2.25 bits per heavy atom. The molecule has 0 spiro atoms. The van der Waals surface area contributed by atoms with E-state index in [0.29, 0.717) is 11.5 Å². The van der Waals surface area contributed by atoms with Crippen molar-refractivity contribution >= 4 is 16.8 Å². The standard InChI is InChI=1S/C17H20N4O3/c1-20-7-6-18-16(20)15-11(5-8-23-15)10-19-12-3-4-13-14(9-12)24-17(22)21(13)2/h3-4,6-7,9,11,15,19H,5,8,10H2,1-2H3/t11-,15+/m0/s1. The molecule has 1 N–H and O–H groups in total. The largest absolute Gasteiger partial charge is 0.419 e. The van der Waals surface area contributed by atoms with Crippen molar-refractivity contribution in [1.29, 1.82) is 0 Å². The van der Waals surface area contributed by atoms with Gasteiger partial charge in [0.2, 0.25) is 0 Å². The Hall–Kier alpha value is -2.54. The lowest BCUT2D eigenvalue weighted by atomic mass is 10.0. The zero-order valence-corrected chi connectivity index (χ0v) is 13.7. The zero-order valence-electron chi connectivity index (χ0n) is 13.7. The summed E-state index contributed by atoms with van der Waals surface area (Å²) in [5, 5.41) is 3.43. The molecular weight excluding hydrogens is 308 g/mol. The van der Waals surface area contributed by atoms with E-state index < -0.39 is 0 Å². The van der Waals surface area contributed by atoms with Crippen LogP contribution in [0.25, 0.3) is 11.1 Å². The van der Waals surface area contributed by atoms with Crippen LogP contribution >= 0.6 is 0 Å². The Balaban J connectivity index is 1.50. The second-order valence-electron chi connectivity index (χ2n) is 6.23. The molecule has 1 aliphatic heterocycles. The molecule has 126 valence electrons. The Morgan fingerprint density at radius 3 is 3.04 bits per heavy atom. The summed E-state index contributed by atoms with van der Waals surface area (Å²) >= 11 is 0. The van der Waals surface area contributed by atoms with Crippen molar-refractivity contribution in [3.8, 4) is 0 Å². The number of aromatic nitrogens is 3. The number of hydrogen-bond acceptors (Lipinski definition) is 5. The topological polar surface area (TPSA) is 74.2 Å². The minimum Gasteiger partial charge on any atom is -0.408 e. The quantitative estimate of drug-likeness (QED) is 0.793. The van der Waals surface area contributed by atoms with Gasteiger partial charge in [-0.2, -0.15) is 0 Å². The summed E-state index contributed by atoms with van der Waals surface area (Å²) in [7, 11) is 3.69. The predicted molar refractivity (Wildman–Crippen MR) is 90.0 cm³/mol. The van der Waals surface area contributed by atoms with Crippen LogP contribution in [-0.4, -0.2) is 27.3 Å². The number of rotatable bonds is 4. The van der Waals surface area contributed by atoms with Crippen molar-refractivity contribution in [1.82, 2.24) is 14.1 Å². The minimum atomic E-state index is -0.346. The van der Waals surface area contributed by atoms with Crippen LogP contribution in [0.5, 0.6) is 0 Å². The van der Waals surface area contributed by atoms with Gasteiger partial charge in [0.15, 0.2) is 5.58 Å². The summed E-state index contributed by atoms with van der Waals surface area (Å²) in [6.45, 7) is 1.52. The lowest BCUT2D eigenvalue weighted by molar-refractivity contribution is 0.0839. The van der Waals surface area contributed by atoms with Gasteiger partial charge in [-0.3, -0.25) is 4.57 Å². The molecule has 0 radical (unpaired) electrons. The van der Waals surface area contributed by atoms with E-state index in [2.05, 4.69) is 10.3 Å². The van der Waals surface area contributed by atoms with Gasteiger partial charge in [0.25, 0.3) is 0 Å². The maximum absolute atomic E-state index is 11.6. The first-order valence-electron chi connectivity index (χ1n) is 8.06. The van der Waals surface area contributed by atoms with E-state index >= 15 is 0 Å². The monoisotopic (exact) mass is 328 g/mol. The number of imidazole rings is 1. The van der Waals surface area contributed by atoms with Crippen molar-refractivity contribution < 1.29 is 9.15 Å². The van der Waals surface area contributed by atoms with Crippen molar-refractivity contribution in [2.75, 3.05) is 18.5 Å². The summed E-state index contributed by atoms with van der Waals surface area (Å²) in [5.74, 6) is 0.967. The van der Waals surface area contributed by atoms with Crippen molar-refractivity contribution in [2.24, 2.45) is 20.0 Å². The number of ether oxygens (including phenoxy) is 1. The van der Waals surface area contributed by atoms with Crippen molar-refractivity contribution in [3.05, 3.63) is 47.0 Å². The molecule has 3 heterocycles. The molecule has 0 amide bonds. The molecule has 0 unspecified atom stereocenters. The maximum Gasteiger partial charge on any atom is 0.419 e. The van der Waals surface area contributed by atoms with Crippen LogP contribution in [0.1, 0.15) is 18.3 Å². The van der Waals surface area contributed by atoms with Gasteiger partial charge in [-0.15, -0.1) is 0 Å². The van der Waals surface area contributed by atoms with Gasteiger partial charge in [0.05, 0.1) is 5.52 Å². The molecule has 1 aromatic carbocycles. The third-order valence-corrected chi connectivity index (χ3v) is 4.69. The third-order valence-electron chi connectivity index (χ3n) is 4.69. The average molecular weight is 328 g/mol. The Kier molecular flexibility index (Phi) is 3.65. The molecule has 24 heavy (non-hydrogen) atoms. The lowest BCUT2D eigenvalue weighted by Crippen LogP contribution is -2.20. The van der Waals surface area contributed by atoms with Gasteiger partial charge in [0.1, 0.15) is 11.9 Å². The SMILES string of the molecule is Cn1ccnc1[C@@H]1OCC[C@H]1CNc1ccc2c(c1)oc(=O)n2C. The molecule has 7 nitrogen and oxygen atoms in total. The third kappa shape index (κ3) is 2.50. The maximum atomic E-state index is 11.6. The number of nitrogens with zero attached hydrogens (tertiary/aromatic N) is 3. The van der Waals surface area contributed by atoms with E-state index in [0.717, 1.165) is 36.6 Å². The highest BCUT2D eigenvalue weighted by molar-refractivity contribution is 5.77. The molecule has 0 aliphatic carbocycles. The summed E-state index contributed by atoms with van der Waals surface area (Å²) in [5.41, 5.74) is 2.32. The normalized spacial score (nSPS) is 20.8. The number of oxazole rings is 1. The van der Waals surface area contributed by atoms with Gasteiger partial charge >= 0.3 is 5.76 Å². The number of hydrogen-bond donors (Lipinski definition) is 1. The van der Waals surface area contributed by atoms with Gasteiger partial charge in [-0.25, -0.2) is 9.78 Å². The average Bonchev–Trinajstić information content (AvgIpc) is 3.26. The van der Waals surface area contributed by atoms with Gasteiger partial charge < -0.3 is 19.0 Å². The minimum absolute atomic E-state index is 0.0101. The Labute approximate surface area is 138 Å². The fraction of sp³-hybridized carbons (Fsp3) is 0.412. The fourth-order valence-corrected chi connectivity index (χ4v) is 3.27. The van der Waals surface area contributed by atoms with E-state index in [1.165, 1.54) is 4.57 Å². The number of anilines is 1. The van der Waals surface area contributed by atoms with E-state index in [1.54, 1.807) is 13.2 Å². The van der Waals surface area contributed by atoms with Crippen LogP contribution in [0.2, 0.25) is 0 Å². The number of aryl methyl sites for hydroxylation is 2. The molecule has 2 aromatic heterocycles. The first kappa shape index (κ1) is 15.0. The van der Waals surface area contributed by atoms with Crippen LogP contribution in [0.3, 0.4) is 0 Å². The first-order valence-corrected chi connectivity index (χ1v) is 8.06. The van der Waals surface area contributed by atoms with E-state index in [9.17, 15) is 4.79 Å². The van der Waals surface area contributed by atoms with Crippen LogP contribution in [-0.2, 0) is 18.8 Å².